The quantitative estimate of drug-likeness (QED) is 0.753. The van der Waals surface area contributed by atoms with Crippen LogP contribution in [0.5, 0.6) is 0 Å². The Morgan fingerprint density at radius 2 is 1.81 bits per heavy atom. The lowest BCUT2D eigenvalue weighted by Gasteiger charge is -2.32. The van der Waals surface area contributed by atoms with E-state index in [0.717, 1.165) is 30.2 Å². The third-order valence-corrected chi connectivity index (χ3v) is 4.76. The number of fused-ring (bicyclic) bond motifs is 1. The highest BCUT2D eigenvalue weighted by Gasteiger charge is 2.38. The molecule has 0 unspecified atom stereocenters. The fraction of sp³-hybridized carbons (Fsp3) is 0.632. The number of amides is 2. The number of aliphatic carboxylic acids is 1. The van der Waals surface area contributed by atoms with Crippen molar-refractivity contribution in [1.29, 1.82) is 0 Å². The number of hydrogen-bond acceptors (Lipinski definition) is 6. The van der Waals surface area contributed by atoms with Crippen LogP contribution in [0, 0.1) is 6.92 Å². The number of anilines is 1. The molecule has 2 amide bonds. The number of carboxylic acids is 1. The van der Waals surface area contributed by atoms with E-state index >= 15 is 0 Å². The fourth-order valence-corrected chi connectivity index (χ4v) is 3.14. The number of nitrogens with zero attached hydrogens (tertiary/aromatic N) is 4. The van der Waals surface area contributed by atoms with Gasteiger partial charge < -0.3 is 29.3 Å². The molecule has 0 radical (unpaired) electrons. The highest BCUT2D eigenvalue weighted by Crippen LogP contribution is 2.24. The van der Waals surface area contributed by atoms with Crippen molar-refractivity contribution in [2.24, 2.45) is 0 Å². The van der Waals surface area contributed by atoms with Gasteiger partial charge in [-0.15, -0.1) is 0 Å². The van der Waals surface area contributed by atoms with Gasteiger partial charge in [-0.25, -0.2) is 14.6 Å². The summed E-state index contributed by atoms with van der Waals surface area (Å²) in [5.74, 6) is -1.78. The number of aromatic nitrogens is 1. The maximum absolute atomic E-state index is 12.8. The molecular formula is C19H27F3N4O5. The van der Waals surface area contributed by atoms with E-state index in [1.807, 2.05) is 22.8 Å². The molecule has 0 atom stereocenters. The van der Waals surface area contributed by atoms with Gasteiger partial charge in [-0.1, -0.05) is 6.07 Å². The second-order valence-electron chi connectivity index (χ2n) is 7.02. The largest absolute Gasteiger partial charge is 0.490 e. The number of pyridine rings is 1. The molecule has 0 saturated carbocycles. The number of ether oxygens (including phenoxy) is 2. The Balaban J connectivity index is 0.000000423. The van der Waals surface area contributed by atoms with Crippen LogP contribution in [0.4, 0.5) is 23.8 Å². The molecule has 1 aromatic heterocycles. The van der Waals surface area contributed by atoms with Gasteiger partial charge in [0, 0.05) is 51.1 Å². The molecule has 0 spiro atoms. The van der Waals surface area contributed by atoms with Crippen molar-refractivity contribution in [1.82, 2.24) is 14.8 Å². The predicted octanol–water partition coefficient (Wildman–Crippen LogP) is 1.74. The zero-order valence-electron chi connectivity index (χ0n) is 17.5. The number of carbonyl (C=O) groups excluding carboxylic acids is 1. The second kappa shape index (κ2) is 11.1. The summed E-state index contributed by atoms with van der Waals surface area (Å²) in [6.07, 6.45) is -5.08. The first-order valence-corrected chi connectivity index (χ1v) is 9.75. The first-order chi connectivity index (χ1) is 14.6. The summed E-state index contributed by atoms with van der Waals surface area (Å²) in [6.45, 7) is 8.06. The van der Waals surface area contributed by atoms with Crippen molar-refractivity contribution < 1.29 is 37.3 Å². The van der Waals surface area contributed by atoms with Crippen molar-refractivity contribution in [2.45, 2.75) is 19.6 Å². The van der Waals surface area contributed by atoms with Crippen molar-refractivity contribution in [3.63, 3.8) is 0 Å². The molecule has 3 heterocycles. The van der Waals surface area contributed by atoms with Crippen LogP contribution in [0.1, 0.15) is 11.3 Å². The van der Waals surface area contributed by atoms with Crippen LogP contribution in [-0.4, -0.2) is 97.7 Å². The number of methoxy groups -OCH3 is 1. The summed E-state index contributed by atoms with van der Waals surface area (Å²) in [5.41, 5.74) is 2.08. The highest BCUT2D eigenvalue weighted by atomic mass is 19.4. The van der Waals surface area contributed by atoms with Crippen molar-refractivity contribution >= 4 is 17.8 Å². The maximum Gasteiger partial charge on any atom is 0.490 e. The Bertz CT molecular complexity index is 757. The zero-order valence-corrected chi connectivity index (χ0v) is 17.5. The van der Waals surface area contributed by atoms with Crippen LogP contribution in [0.3, 0.4) is 0 Å². The Labute approximate surface area is 178 Å². The molecule has 3 rings (SSSR count). The third kappa shape index (κ3) is 7.24. The molecule has 9 nitrogen and oxygen atoms in total. The van der Waals surface area contributed by atoms with Crippen molar-refractivity contribution in [3.8, 4) is 0 Å². The number of hydrogen-bond donors (Lipinski definition) is 1. The monoisotopic (exact) mass is 448 g/mol. The summed E-state index contributed by atoms with van der Waals surface area (Å²) >= 11 is 0. The molecule has 0 aliphatic carbocycles. The summed E-state index contributed by atoms with van der Waals surface area (Å²) in [5, 5.41) is 7.12. The zero-order chi connectivity index (χ0) is 23.0. The van der Waals surface area contributed by atoms with E-state index in [0.29, 0.717) is 46.0 Å². The molecule has 12 heteroatoms. The molecule has 2 aliphatic heterocycles. The van der Waals surface area contributed by atoms with Gasteiger partial charge in [-0.2, -0.15) is 13.2 Å². The highest BCUT2D eigenvalue weighted by molar-refractivity contribution is 5.75. The van der Waals surface area contributed by atoms with Crippen LogP contribution >= 0.6 is 0 Å². The van der Waals surface area contributed by atoms with E-state index in [-0.39, 0.29) is 6.03 Å². The number of morpholine rings is 1. The molecule has 0 bridgehead atoms. The Morgan fingerprint density at radius 3 is 2.39 bits per heavy atom. The number of alkyl halides is 3. The van der Waals surface area contributed by atoms with Crippen LogP contribution in [0.15, 0.2) is 12.1 Å². The van der Waals surface area contributed by atoms with Gasteiger partial charge in [0.15, 0.2) is 0 Å². The Morgan fingerprint density at radius 1 is 1.16 bits per heavy atom. The summed E-state index contributed by atoms with van der Waals surface area (Å²) in [7, 11) is 1.71. The van der Waals surface area contributed by atoms with Gasteiger partial charge in [0.1, 0.15) is 5.82 Å². The lowest BCUT2D eigenvalue weighted by molar-refractivity contribution is -0.192. The molecule has 1 saturated heterocycles. The molecule has 1 fully saturated rings. The third-order valence-electron chi connectivity index (χ3n) is 4.76. The topological polar surface area (TPSA) is 95.4 Å². The summed E-state index contributed by atoms with van der Waals surface area (Å²) in [6, 6.07) is 4.19. The second-order valence-corrected chi connectivity index (χ2v) is 7.02. The minimum atomic E-state index is -5.08. The molecule has 174 valence electrons. The van der Waals surface area contributed by atoms with E-state index in [4.69, 9.17) is 24.4 Å². The van der Waals surface area contributed by atoms with E-state index in [9.17, 15) is 18.0 Å². The standard InChI is InChI=1S/C17H26N4O3.C2HF3O2/c1-14-3-4-15-13-21(17(22)20-8-11-24-12-9-20)6-5-19(7-10-23-2)16(15)18-14;3-2(4,5)1(6)7/h3-4H,5-13H2,1-2H3;(H,6,7). The van der Waals surface area contributed by atoms with E-state index in [2.05, 4.69) is 11.0 Å². The van der Waals surface area contributed by atoms with Gasteiger partial charge in [0.05, 0.1) is 26.4 Å². The average Bonchev–Trinajstić information content (AvgIpc) is 2.91. The average molecular weight is 448 g/mol. The van der Waals surface area contributed by atoms with E-state index < -0.39 is 12.1 Å². The number of halogens is 3. The van der Waals surface area contributed by atoms with Crippen LogP contribution in [0.25, 0.3) is 0 Å². The lowest BCUT2D eigenvalue weighted by Crippen LogP contribution is -2.48. The smallest absolute Gasteiger partial charge is 0.475 e. The number of urea groups is 1. The SMILES string of the molecule is COCCN1CCN(C(=O)N2CCOCC2)Cc2ccc(C)nc21.O=C(O)C(F)(F)F. The fourth-order valence-electron chi connectivity index (χ4n) is 3.14. The van der Waals surface area contributed by atoms with Crippen LogP contribution in [-0.2, 0) is 20.8 Å². The molecule has 31 heavy (non-hydrogen) atoms. The van der Waals surface area contributed by atoms with Crippen LogP contribution < -0.4 is 4.90 Å². The van der Waals surface area contributed by atoms with Crippen LogP contribution in [0.2, 0.25) is 0 Å². The summed E-state index contributed by atoms with van der Waals surface area (Å²) < 4.78 is 42.3. The first-order valence-electron chi connectivity index (χ1n) is 9.75. The Hall–Kier alpha value is -2.60. The summed E-state index contributed by atoms with van der Waals surface area (Å²) in [4.78, 5) is 32.5. The van der Waals surface area contributed by atoms with Gasteiger partial charge in [0.25, 0.3) is 0 Å². The van der Waals surface area contributed by atoms with Gasteiger partial charge in [0.2, 0.25) is 0 Å². The lowest BCUT2D eigenvalue weighted by atomic mass is 10.2. The number of carboxylic acid groups (broad SMARTS) is 1. The Kier molecular flexibility index (Phi) is 8.87. The minimum absolute atomic E-state index is 0.0958. The normalized spacial score (nSPS) is 16.7. The minimum Gasteiger partial charge on any atom is -0.475 e. The molecule has 1 N–H and O–H groups in total. The van der Waals surface area contributed by atoms with Crippen molar-refractivity contribution in [3.05, 3.63) is 23.4 Å². The van der Waals surface area contributed by atoms with Gasteiger partial charge in [-0.3, -0.25) is 0 Å². The van der Waals surface area contributed by atoms with Gasteiger partial charge >= 0.3 is 18.2 Å². The van der Waals surface area contributed by atoms with E-state index in [1.165, 1.54) is 0 Å². The molecule has 2 aliphatic rings. The van der Waals surface area contributed by atoms with Crippen molar-refractivity contribution in [2.75, 3.05) is 64.6 Å². The van der Waals surface area contributed by atoms with Gasteiger partial charge in [-0.05, 0) is 13.0 Å². The molecule has 0 aromatic carbocycles. The molecule has 1 aromatic rings. The number of rotatable bonds is 3. The number of aryl methyl sites for hydroxylation is 1. The predicted molar refractivity (Wildman–Crippen MR) is 105 cm³/mol. The first kappa shape index (κ1) is 24.7. The van der Waals surface area contributed by atoms with E-state index in [1.54, 1.807) is 7.11 Å². The maximum atomic E-state index is 12.8. The number of carbonyl (C=O) groups is 2. The molecular weight excluding hydrogens is 421 g/mol.